The average Bonchev–Trinajstić information content (AvgIpc) is 3.92. The Labute approximate surface area is 389 Å². The average molecular weight is 968 g/mol. The number of hydrogen-bond donors (Lipinski definition) is 0. The molecule has 0 radical (unpaired) electrons. The van der Waals surface area contributed by atoms with Crippen LogP contribution in [0.4, 0.5) is 0 Å². The normalized spacial score (nSPS) is 16.4. The molecule has 0 aliphatic heterocycles. The fraction of sp³-hybridized carbons (Fsp3) is 0.200. The Bertz CT molecular complexity index is 2920. The molecule has 2 unspecified atom stereocenters. The first-order chi connectivity index (χ1) is 31.2. The first kappa shape index (κ1) is 43.3. The first-order valence-corrected chi connectivity index (χ1v) is 39.9. The molecule has 0 saturated carbocycles. The minimum atomic E-state index is -5.10. The van der Waals surface area contributed by atoms with Gasteiger partial charge in [-0.25, -0.2) is 0 Å². The molecule has 0 nitrogen and oxygen atoms in total. The summed E-state index contributed by atoms with van der Waals surface area (Å²) in [4.78, 5) is 0. The zero-order valence-corrected chi connectivity index (χ0v) is 42.7. The van der Waals surface area contributed by atoms with Crippen molar-refractivity contribution in [3.63, 3.8) is 0 Å². The predicted octanol–water partition coefficient (Wildman–Crippen LogP) is 18.6. The van der Waals surface area contributed by atoms with Crippen LogP contribution in [0.25, 0.3) is 78.2 Å². The van der Waals surface area contributed by atoms with Gasteiger partial charge in [-0.2, -0.15) is 0 Å². The van der Waals surface area contributed by atoms with E-state index >= 15 is 0 Å². The summed E-state index contributed by atoms with van der Waals surface area (Å²) in [7, 11) is 18.2. The molecule has 4 heteroatoms. The van der Waals surface area contributed by atoms with Crippen LogP contribution in [0.3, 0.4) is 0 Å². The van der Waals surface area contributed by atoms with Gasteiger partial charge in [0.1, 0.15) is 0 Å². The van der Waals surface area contributed by atoms with E-state index in [9.17, 15) is 0 Å². The summed E-state index contributed by atoms with van der Waals surface area (Å²) in [6.07, 6.45) is 11.6. The van der Waals surface area contributed by atoms with Crippen LogP contribution >= 0.6 is 17.0 Å². The van der Waals surface area contributed by atoms with Crippen LogP contribution in [-0.2, 0) is 15.6 Å². The van der Waals surface area contributed by atoms with E-state index < -0.39 is 21.5 Å². The minimum absolute atomic E-state index is 0.0373. The van der Waals surface area contributed by atoms with Gasteiger partial charge in [0.05, 0.1) is 0 Å². The standard InChI is InChI=1S/2C29H25.C2H7Si.2ClH.Zr/c2*1-2-3-10-21-19-23-13-9-18-28(29(23)20-21)27-16-7-6-15-26(27)25-17-8-12-22-11-4-5-14-24(22)25;1-3-2;;;/h2*4-9,11-20H,2-3,10H2,1H3;3H,1-2H3;2*1H;/q;;;;;+2/p-2. The summed E-state index contributed by atoms with van der Waals surface area (Å²) in [6.45, 7) is 9.61. The molecule has 0 N–H and O–H groups in total. The summed E-state index contributed by atoms with van der Waals surface area (Å²) >= 11 is -5.10. The molecule has 2 aliphatic carbocycles. The molecule has 0 heterocycles. The zero-order chi connectivity index (χ0) is 44.0. The summed E-state index contributed by atoms with van der Waals surface area (Å²) in [5.41, 5.74) is 18.4. The molecule has 0 fully saturated rings. The third-order valence-corrected chi connectivity index (χ3v) is 66.6. The van der Waals surface area contributed by atoms with Gasteiger partial charge >= 0.3 is 393 Å². The number of hydrogen-bond acceptors (Lipinski definition) is 0. The molecule has 0 spiro atoms. The number of benzene rings is 8. The molecule has 2 aliphatic rings. The Kier molecular flexibility index (Phi) is 12.0. The first-order valence-electron chi connectivity index (χ1n) is 23.6. The molecule has 0 saturated heterocycles. The second-order valence-electron chi connectivity index (χ2n) is 18.7. The van der Waals surface area contributed by atoms with Crippen molar-refractivity contribution in [1.82, 2.24) is 0 Å². The number of allylic oxidation sites excluding steroid dienone is 2. The van der Waals surface area contributed by atoms with Gasteiger partial charge in [0.15, 0.2) is 0 Å². The summed E-state index contributed by atoms with van der Waals surface area (Å²) < 4.78 is 0.0746. The van der Waals surface area contributed by atoms with Crippen LogP contribution in [0.5, 0.6) is 0 Å². The zero-order valence-electron chi connectivity index (χ0n) is 37.6. The van der Waals surface area contributed by atoms with Crippen LogP contribution in [0, 0.1) is 0 Å². The van der Waals surface area contributed by atoms with Gasteiger partial charge in [-0.15, -0.1) is 0 Å². The predicted molar refractivity (Wildman–Crippen MR) is 281 cm³/mol. The number of halogens is 2. The second-order valence-corrected chi connectivity index (χ2v) is 61.2. The maximum absolute atomic E-state index is 9.08. The molecular weight excluding hydrogens is 911 g/mol. The van der Waals surface area contributed by atoms with Crippen LogP contribution in [-0.4, -0.2) is 5.92 Å². The molecule has 10 rings (SSSR count). The fourth-order valence-corrected chi connectivity index (χ4v) is 43.1. The van der Waals surface area contributed by atoms with Gasteiger partial charge in [0.2, 0.25) is 0 Å². The van der Waals surface area contributed by atoms with Crippen molar-refractivity contribution in [2.24, 2.45) is 0 Å². The van der Waals surface area contributed by atoms with E-state index in [-0.39, 0.29) is 7.25 Å². The van der Waals surface area contributed by atoms with Crippen molar-refractivity contribution in [2.45, 2.75) is 72.7 Å². The molecule has 0 aromatic heterocycles. The topological polar surface area (TPSA) is 0 Å². The number of fused-ring (bicyclic) bond motifs is 4. The number of unbranched alkanes of at least 4 members (excludes halogenated alkanes) is 2. The fourth-order valence-electron chi connectivity index (χ4n) is 11.6. The van der Waals surface area contributed by atoms with E-state index in [4.69, 9.17) is 17.0 Å². The molecule has 8 aromatic rings. The van der Waals surface area contributed by atoms with Crippen molar-refractivity contribution in [3.05, 3.63) is 203 Å². The summed E-state index contributed by atoms with van der Waals surface area (Å²) in [6, 6.07) is 63.0. The summed E-state index contributed by atoms with van der Waals surface area (Å²) in [5.74, 6) is -1.78. The Morgan fingerprint density at radius 2 is 0.734 bits per heavy atom. The quantitative estimate of drug-likeness (QED) is 0.101. The maximum atomic E-state index is 9.08. The molecule has 8 aromatic carbocycles. The van der Waals surface area contributed by atoms with E-state index in [0.29, 0.717) is 0 Å². The Morgan fingerprint density at radius 3 is 1.14 bits per heavy atom. The van der Waals surface area contributed by atoms with Crippen LogP contribution in [0.1, 0.15) is 81.9 Å². The van der Waals surface area contributed by atoms with Gasteiger partial charge in [0, 0.05) is 0 Å². The van der Waals surface area contributed by atoms with Gasteiger partial charge in [-0.3, -0.25) is 0 Å². The monoisotopic (exact) mass is 965 g/mol. The van der Waals surface area contributed by atoms with E-state index in [1.54, 1.807) is 0 Å². The van der Waals surface area contributed by atoms with Crippen molar-refractivity contribution >= 4 is 56.6 Å². The third-order valence-electron chi connectivity index (χ3n) is 14.7. The molecule has 2 atom stereocenters. The van der Waals surface area contributed by atoms with Crippen LogP contribution in [0.15, 0.2) is 181 Å². The van der Waals surface area contributed by atoms with Gasteiger partial charge in [-0.05, 0) is 0 Å². The third kappa shape index (κ3) is 7.20. The summed E-state index contributed by atoms with van der Waals surface area (Å²) in [5, 5.41) is 5.06. The Morgan fingerprint density at radius 1 is 0.406 bits per heavy atom. The molecule has 0 amide bonds. The van der Waals surface area contributed by atoms with E-state index in [1.165, 1.54) is 99.5 Å². The van der Waals surface area contributed by atoms with Crippen molar-refractivity contribution in [3.8, 4) is 44.5 Å². The molecule has 64 heavy (non-hydrogen) atoms. The molecule has 0 bridgehead atoms. The molecular formula is C60H57Cl2SiZr. The van der Waals surface area contributed by atoms with E-state index in [0.717, 1.165) is 38.5 Å². The van der Waals surface area contributed by atoms with Crippen LogP contribution < -0.4 is 0 Å². The van der Waals surface area contributed by atoms with Gasteiger partial charge in [-0.1, -0.05) is 0 Å². The second kappa shape index (κ2) is 17.7. The van der Waals surface area contributed by atoms with Crippen molar-refractivity contribution < 1.29 is 15.6 Å². The SMILES string of the molecule is CCCCC1=Cc2c(-c3ccccc3-c3cccc4ccccc34)cccc2[CH]1[Zr]([Cl])([Cl])([CH]1C(CCCC)=Cc2c(-c3ccccc3-c3cccc4ccccc34)cccc21)[SiH](C)C. The van der Waals surface area contributed by atoms with Gasteiger partial charge < -0.3 is 0 Å². The van der Waals surface area contributed by atoms with E-state index in [2.05, 4.69) is 209 Å². The molecule has 319 valence electrons. The number of rotatable bonds is 13. The Balaban J connectivity index is 1.17. The van der Waals surface area contributed by atoms with Crippen LogP contribution in [0.2, 0.25) is 13.1 Å². The van der Waals surface area contributed by atoms with Gasteiger partial charge in [0.25, 0.3) is 0 Å². The van der Waals surface area contributed by atoms with E-state index in [1.807, 2.05) is 0 Å². The Hall–Kier alpha value is -4.56. The van der Waals surface area contributed by atoms with Crippen molar-refractivity contribution in [1.29, 1.82) is 0 Å². The van der Waals surface area contributed by atoms with Crippen molar-refractivity contribution in [2.75, 3.05) is 0 Å².